The van der Waals surface area contributed by atoms with Gasteiger partial charge in [0.05, 0.1) is 12.3 Å². The van der Waals surface area contributed by atoms with Crippen molar-refractivity contribution in [3.8, 4) is 5.75 Å². The first-order chi connectivity index (χ1) is 11.2. The Morgan fingerprint density at radius 3 is 2.61 bits per heavy atom. The summed E-state index contributed by atoms with van der Waals surface area (Å²) >= 11 is 0. The van der Waals surface area contributed by atoms with Gasteiger partial charge in [0, 0.05) is 49.5 Å². The smallest absolute Gasteiger partial charge is 0.141 e. The van der Waals surface area contributed by atoms with E-state index in [2.05, 4.69) is 15.2 Å². The van der Waals surface area contributed by atoms with Crippen LogP contribution < -0.4 is 5.32 Å². The third-order valence-electron chi connectivity index (χ3n) is 5.47. The fraction of sp³-hybridized carbons (Fsp3) is 0.722. The summed E-state index contributed by atoms with van der Waals surface area (Å²) < 4.78 is 0. The lowest BCUT2D eigenvalue weighted by Crippen LogP contribution is -2.47. The quantitative estimate of drug-likeness (QED) is 0.793. The van der Waals surface area contributed by atoms with Crippen molar-refractivity contribution in [2.45, 2.75) is 51.7 Å². The molecular formula is C18H29N3O2. The van der Waals surface area contributed by atoms with Gasteiger partial charge >= 0.3 is 0 Å². The summed E-state index contributed by atoms with van der Waals surface area (Å²) in [5.41, 5.74) is 2.36. The zero-order valence-electron chi connectivity index (χ0n) is 14.1. The molecule has 1 saturated heterocycles. The highest BCUT2D eigenvalue weighted by Crippen LogP contribution is 2.43. The van der Waals surface area contributed by atoms with Gasteiger partial charge in [-0.25, -0.2) is 0 Å². The number of aromatic hydroxyl groups is 1. The normalized spacial score (nSPS) is 22.2. The van der Waals surface area contributed by atoms with Crippen molar-refractivity contribution in [2.24, 2.45) is 5.92 Å². The van der Waals surface area contributed by atoms with Gasteiger partial charge in [0.25, 0.3) is 0 Å². The van der Waals surface area contributed by atoms with E-state index in [0.29, 0.717) is 11.6 Å². The molecule has 0 aromatic carbocycles. The Labute approximate surface area is 138 Å². The Kier molecular flexibility index (Phi) is 5.51. The van der Waals surface area contributed by atoms with Crippen LogP contribution in [0.25, 0.3) is 0 Å². The molecule has 1 aromatic rings. The van der Waals surface area contributed by atoms with Crippen LogP contribution in [0.1, 0.15) is 55.0 Å². The van der Waals surface area contributed by atoms with Crippen molar-refractivity contribution in [1.82, 2.24) is 15.2 Å². The summed E-state index contributed by atoms with van der Waals surface area (Å²) in [7, 11) is 0. The van der Waals surface area contributed by atoms with E-state index in [-0.39, 0.29) is 18.4 Å². The van der Waals surface area contributed by atoms with Crippen LogP contribution in [0.15, 0.2) is 6.20 Å². The summed E-state index contributed by atoms with van der Waals surface area (Å²) in [4.78, 5) is 6.74. The average molecular weight is 319 g/mol. The average Bonchev–Trinajstić information content (AvgIpc) is 2.61. The van der Waals surface area contributed by atoms with Crippen LogP contribution in [0.3, 0.4) is 0 Å². The highest BCUT2D eigenvalue weighted by molar-refractivity contribution is 5.43. The van der Waals surface area contributed by atoms with Crippen LogP contribution in [-0.4, -0.2) is 46.3 Å². The van der Waals surface area contributed by atoms with E-state index in [1.54, 1.807) is 6.20 Å². The molecule has 128 valence electrons. The Morgan fingerprint density at radius 1 is 1.26 bits per heavy atom. The molecule has 0 unspecified atom stereocenters. The number of aromatic nitrogens is 1. The van der Waals surface area contributed by atoms with Crippen LogP contribution in [0.2, 0.25) is 0 Å². The molecule has 2 fully saturated rings. The number of hydrogen-bond donors (Lipinski definition) is 3. The first kappa shape index (κ1) is 16.7. The minimum Gasteiger partial charge on any atom is -0.506 e. The molecule has 5 heteroatoms. The summed E-state index contributed by atoms with van der Waals surface area (Å²) in [6.45, 7) is 5.74. The highest BCUT2D eigenvalue weighted by atomic mass is 16.3. The molecule has 3 N–H and O–H groups in total. The number of aliphatic hydroxyl groups excluding tert-OH is 1. The van der Waals surface area contributed by atoms with Gasteiger partial charge in [-0.3, -0.25) is 9.88 Å². The lowest BCUT2D eigenvalue weighted by atomic mass is 9.78. The molecule has 0 amide bonds. The molecule has 23 heavy (non-hydrogen) atoms. The zero-order chi connectivity index (χ0) is 16.2. The van der Waals surface area contributed by atoms with Crippen molar-refractivity contribution in [3.05, 3.63) is 23.0 Å². The number of aryl methyl sites for hydroxylation is 1. The maximum atomic E-state index is 10.7. The maximum absolute atomic E-state index is 10.7. The summed E-state index contributed by atoms with van der Waals surface area (Å²) in [6, 6.07) is 0.196. The maximum Gasteiger partial charge on any atom is 0.141 e. The number of nitrogens with zero attached hydrogens (tertiary/aromatic N) is 2. The minimum absolute atomic E-state index is 0.0640. The van der Waals surface area contributed by atoms with Gasteiger partial charge in [0.2, 0.25) is 0 Å². The van der Waals surface area contributed by atoms with Crippen molar-refractivity contribution in [1.29, 1.82) is 0 Å². The topological polar surface area (TPSA) is 68.6 Å². The number of rotatable bonds is 4. The van der Waals surface area contributed by atoms with E-state index in [4.69, 9.17) is 0 Å². The standard InChI is InChI=1S/C18H29N3O2/c1-13-18(23)16(15(12-22)11-20-13)17(14-5-3-2-4-6-14)21-9-7-19-8-10-21/h11,14,17,19,22-23H,2-10,12H2,1H3/t17-/m0/s1. The first-order valence-electron chi connectivity index (χ1n) is 8.95. The van der Waals surface area contributed by atoms with Gasteiger partial charge in [-0.2, -0.15) is 0 Å². The molecule has 0 spiro atoms. The lowest BCUT2D eigenvalue weighted by Gasteiger charge is -2.42. The monoisotopic (exact) mass is 319 g/mol. The van der Waals surface area contributed by atoms with E-state index in [1.165, 1.54) is 32.1 Å². The Balaban J connectivity index is 2.01. The minimum atomic E-state index is -0.0640. The zero-order valence-corrected chi connectivity index (χ0v) is 14.1. The third kappa shape index (κ3) is 3.52. The SMILES string of the molecule is Cc1ncc(CO)c([C@H](C2CCCCC2)N2CCNCC2)c1O. The molecule has 3 rings (SSSR count). The summed E-state index contributed by atoms with van der Waals surface area (Å²) in [5, 5.41) is 23.9. The Morgan fingerprint density at radius 2 is 1.96 bits per heavy atom. The van der Waals surface area contributed by atoms with Crippen LogP contribution in [0.5, 0.6) is 5.75 Å². The molecule has 0 bridgehead atoms. The van der Waals surface area contributed by atoms with Crippen LogP contribution in [0, 0.1) is 12.8 Å². The van der Waals surface area contributed by atoms with Gasteiger partial charge in [-0.15, -0.1) is 0 Å². The fourth-order valence-electron chi connectivity index (χ4n) is 4.24. The van der Waals surface area contributed by atoms with Crippen molar-refractivity contribution in [2.75, 3.05) is 26.2 Å². The predicted molar refractivity (Wildman–Crippen MR) is 90.3 cm³/mol. The molecule has 2 heterocycles. The number of hydrogen-bond acceptors (Lipinski definition) is 5. The lowest BCUT2D eigenvalue weighted by molar-refractivity contribution is 0.0991. The molecular weight excluding hydrogens is 290 g/mol. The largest absolute Gasteiger partial charge is 0.506 e. The molecule has 2 aliphatic rings. The molecule has 1 atom stereocenters. The van der Waals surface area contributed by atoms with E-state index < -0.39 is 0 Å². The Bertz CT molecular complexity index is 505. The van der Waals surface area contributed by atoms with E-state index in [9.17, 15) is 10.2 Å². The van der Waals surface area contributed by atoms with Gasteiger partial charge in [0.15, 0.2) is 0 Å². The van der Waals surface area contributed by atoms with Crippen LogP contribution in [-0.2, 0) is 6.61 Å². The second-order valence-corrected chi connectivity index (χ2v) is 6.92. The number of aliphatic hydroxyl groups is 1. The fourth-order valence-corrected chi connectivity index (χ4v) is 4.24. The van der Waals surface area contributed by atoms with E-state index in [0.717, 1.165) is 37.3 Å². The summed E-state index contributed by atoms with van der Waals surface area (Å²) in [6.07, 6.45) is 8.01. The predicted octanol–water partition coefficient (Wildman–Crippen LogP) is 2.11. The number of nitrogens with one attached hydrogen (secondary N) is 1. The van der Waals surface area contributed by atoms with Gasteiger partial charge in [0.1, 0.15) is 5.75 Å². The van der Waals surface area contributed by atoms with Gasteiger partial charge in [-0.1, -0.05) is 19.3 Å². The first-order valence-corrected chi connectivity index (χ1v) is 8.95. The van der Waals surface area contributed by atoms with Crippen molar-refractivity contribution in [3.63, 3.8) is 0 Å². The van der Waals surface area contributed by atoms with Crippen molar-refractivity contribution >= 4 is 0 Å². The van der Waals surface area contributed by atoms with Gasteiger partial charge in [-0.05, 0) is 25.7 Å². The second kappa shape index (κ2) is 7.60. The second-order valence-electron chi connectivity index (χ2n) is 6.92. The molecule has 1 aliphatic heterocycles. The number of piperazine rings is 1. The third-order valence-corrected chi connectivity index (χ3v) is 5.47. The van der Waals surface area contributed by atoms with Crippen molar-refractivity contribution < 1.29 is 10.2 Å². The van der Waals surface area contributed by atoms with Crippen LogP contribution in [0.4, 0.5) is 0 Å². The summed E-state index contributed by atoms with van der Waals surface area (Å²) in [5.74, 6) is 0.838. The van der Waals surface area contributed by atoms with Gasteiger partial charge < -0.3 is 15.5 Å². The highest BCUT2D eigenvalue weighted by Gasteiger charge is 2.34. The van der Waals surface area contributed by atoms with E-state index >= 15 is 0 Å². The van der Waals surface area contributed by atoms with Crippen LogP contribution >= 0.6 is 0 Å². The molecule has 1 aliphatic carbocycles. The molecule has 5 nitrogen and oxygen atoms in total. The number of pyridine rings is 1. The molecule has 1 saturated carbocycles. The molecule has 0 radical (unpaired) electrons. The van der Waals surface area contributed by atoms with E-state index in [1.807, 2.05) is 6.92 Å². The Hall–Kier alpha value is -1.17. The molecule has 1 aromatic heterocycles.